The minimum atomic E-state index is -4.69. The Labute approximate surface area is 57.0 Å². The van der Waals surface area contributed by atoms with Crippen LogP contribution in [0.25, 0.3) is 0 Å². The second-order valence-electron chi connectivity index (χ2n) is 0.597. The summed E-state index contributed by atoms with van der Waals surface area (Å²) in [7, 11) is -4.69. The third kappa shape index (κ3) is 1490. The minimum absolute atomic E-state index is 3.40. The van der Waals surface area contributed by atoms with E-state index >= 15 is 0 Å². The Kier molecular flexibility index (Phi) is 7.16. The van der Waals surface area contributed by atoms with E-state index in [0.29, 0.717) is 0 Å². The van der Waals surface area contributed by atoms with E-state index in [4.69, 9.17) is 31.2 Å². The Balaban J connectivity index is 0. The first-order valence-electron chi connectivity index (χ1n) is 1.11. The minimum Gasteiger partial charge on any atom is -0.372 e. The van der Waals surface area contributed by atoms with Crippen LogP contribution in [0.5, 0.6) is 0 Å². The first kappa shape index (κ1) is 12.2. The van der Waals surface area contributed by atoms with Gasteiger partial charge in [-0.1, -0.05) is 0 Å². The monoisotopic (exact) mass is 228 g/mol. The Bertz CT molecular complexity index is 45.7. The summed E-state index contributed by atoms with van der Waals surface area (Å²) < 4.78 is 57.0. The van der Waals surface area contributed by atoms with Crippen molar-refractivity contribution >= 4 is 0 Å². The van der Waals surface area contributed by atoms with Gasteiger partial charge in [0.2, 0.25) is 0 Å². The lowest BCUT2D eigenvalue weighted by molar-refractivity contribution is -1.92. The lowest BCUT2D eigenvalue weighted by Gasteiger charge is -2.03. The van der Waals surface area contributed by atoms with E-state index in [9.17, 15) is 0 Å². The highest BCUT2D eigenvalue weighted by molar-refractivity contribution is 2.15. The highest BCUT2D eigenvalue weighted by Gasteiger charge is 1.98. The van der Waals surface area contributed by atoms with Crippen molar-refractivity contribution in [2.24, 2.45) is 0 Å². The van der Waals surface area contributed by atoms with Crippen molar-refractivity contribution in [3.63, 3.8) is 0 Å². The summed E-state index contributed by atoms with van der Waals surface area (Å²) in [5.41, 5.74) is 0. The first-order valence-corrected chi connectivity index (χ1v) is 4.38. The van der Waals surface area contributed by atoms with Crippen molar-refractivity contribution < 1.29 is 56.3 Å². The molecule has 0 saturated heterocycles. The van der Waals surface area contributed by atoms with Crippen molar-refractivity contribution in [1.29, 1.82) is 0 Å². The van der Waals surface area contributed by atoms with Gasteiger partial charge < -0.3 is 8.40 Å². The quantitative estimate of drug-likeness (QED) is 0.418. The Hall–Kier alpha value is 0.490. The molecule has 0 aliphatic heterocycles. The molecule has 0 amide bonds. The van der Waals surface area contributed by atoms with Gasteiger partial charge in [0.05, 0.1) is 14.9 Å². The molecular formula is H2BrClO7. The highest BCUT2D eigenvalue weighted by atomic mass is 80.0. The molecule has 7 nitrogen and oxygen atoms in total. The van der Waals surface area contributed by atoms with Gasteiger partial charge in [0.1, 0.15) is 0 Å². The van der Waals surface area contributed by atoms with Gasteiger partial charge in [-0.05, 0) is 4.20 Å². The normalized spacial score (nSPS) is 10.7. The van der Waals surface area contributed by atoms with Crippen molar-refractivity contribution in [2.75, 3.05) is 0 Å². The van der Waals surface area contributed by atoms with Crippen LogP contribution >= 0.6 is 0 Å². The molecule has 0 spiro atoms. The van der Waals surface area contributed by atoms with Gasteiger partial charge in [-0.15, -0.1) is 0 Å². The average Bonchev–Trinajstić information content (AvgIpc) is 1.19. The van der Waals surface area contributed by atoms with E-state index in [1.165, 1.54) is 0 Å². The van der Waals surface area contributed by atoms with E-state index in [0.717, 1.165) is 0 Å². The zero-order valence-corrected chi connectivity index (χ0v) is 6.03. The van der Waals surface area contributed by atoms with Gasteiger partial charge in [0, 0.05) is 0 Å². The average molecular weight is 229 g/mol. The molecule has 0 aromatic carbocycles. The van der Waals surface area contributed by atoms with E-state index in [-0.39, 0.29) is 0 Å². The van der Waals surface area contributed by atoms with E-state index in [1.54, 1.807) is 0 Å². The molecule has 9 heavy (non-hydrogen) atoms. The molecule has 9 heteroatoms. The largest absolute Gasteiger partial charge is 0.433 e. The molecule has 0 heterocycles. The molecule has 0 aromatic heterocycles. The molecular weight excluding hydrogens is 227 g/mol. The second kappa shape index (κ2) is 5.29. The lowest BCUT2D eigenvalue weighted by atomic mass is 15.8. The first-order chi connectivity index (χ1) is 3.73. The fourth-order valence-corrected chi connectivity index (χ4v) is 0. The van der Waals surface area contributed by atoms with Gasteiger partial charge >= 0.3 is 14.8 Å². The topological polar surface area (TPSA) is 156 Å². The number of halogens is 2. The molecule has 0 bridgehead atoms. The second-order valence-corrected chi connectivity index (χ2v) is 2.23. The van der Waals surface area contributed by atoms with Crippen LogP contribution in [0.1, 0.15) is 0 Å². The standard InChI is InChI=1S/BrHO3.ClHO4/c2-1(3)4;2-1(3,4)5/h2H;(H,2,3,4,5). The zero-order chi connectivity index (χ0) is 8.08. The molecule has 0 unspecified atom stereocenters. The summed E-state index contributed by atoms with van der Waals surface area (Å²) in [6.45, 7) is 0. The van der Waals surface area contributed by atoms with Crippen molar-refractivity contribution in [2.45, 2.75) is 0 Å². The summed E-state index contributed by atoms with van der Waals surface area (Å²) in [5.74, 6) is 0. The van der Waals surface area contributed by atoms with Gasteiger partial charge in [-0.25, -0.2) is 0 Å². The van der Waals surface area contributed by atoms with Crippen LogP contribution in [0.3, 0.4) is 0 Å². The summed E-state index contributed by atoms with van der Waals surface area (Å²) in [6, 6.07) is 0. The molecule has 0 radical (unpaired) electrons. The van der Waals surface area contributed by atoms with Gasteiger partial charge in [0.25, 0.3) is 0 Å². The van der Waals surface area contributed by atoms with E-state index in [1.807, 2.05) is 0 Å². The maximum atomic E-state index is 8.63. The number of rotatable bonds is 0. The predicted molar refractivity (Wildman–Crippen MR) is 4.44 cm³/mol. The molecule has 0 fully saturated rings. The Morgan fingerprint density at radius 1 is 1.11 bits per heavy atom. The van der Waals surface area contributed by atoms with Crippen molar-refractivity contribution in [3.8, 4) is 0 Å². The smallest absolute Gasteiger partial charge is 0.372 e. The van der Waals surface area contributed by atoms with Crippen molar-refractivity contribution in [3.05, 3.63) is 0 Å². The molecule has 0 aliphatic rings. The SMILES string of the molecule is [O-][Br+2]([O-])O.[O-][Cl+3]([O-])([O-])O. The van der Waals surface area contributed by atoms with E-state index < -0.39 is 25.1 Å². The van der Waals surface area contributed by atoms with Crippen molar-refractivity contribution in [1.82, 2.24) is 0 Å². The summed E-state index contributed by atoms with van der Waals surface area (Å²) in [6.07, 6.45) is 0. The Morgan fingerprint density at radius 3 is 1.11 bits per heavy atom. The molecule has 0 rings (SSSR count). The predicted octanol–water partition coefficient (Wildman–Crippen LogP) is -7.06. The van der Waals surface area contributed by atoms with Crippen LogP contribution in [0.2, 0.25) is 0 Å². The van der Waals surface area contributed by atoms with Crippen LogP contribution < -0.4 is 22.4 Å². The van der Waals surface area contributed by atoms with Gasteiger partial charge in [-0.3, -0.25) is 0 Å². The maximum Gasteiger partial charge on any atom is 0.433 e. The molecule has 0 aromatic rings. The zero-order valence-electron chi connectivity index (χ0n) is 3.69. The molecule has 0 saturated carbocycles. The summed E-state index contributed by atoms with van der Waals surface area (Å²) in [4.78, 5) is 0. The number of hydrogen-bond donors (Lipinski definition) is 2. The molecule has 0 aliphatic carbocycles. The van der Waals surface area contributed by atoms with Crippen LogP contribution in [0.15, 0.2) is 0 Å². The highest BCUT2D eigenvalue weighted by Crippen LogP contribution is 1.60. The third-order valence-electron chi connectivity index (χ3n) is 0. The van der Waals surface area contributed by atoms with Crippen LogP contribution in [-0.4, -0.2) is 8.86 Å². The Morgan fingerprint density at radius 2 is 1.11 bits per heavy atom. The summed E-state index contributed by atoms with van der Waals surface area (Å²) >= 11 is -3.40. The van der Waals surface area contributed by atoms with Crippen LogP contribution in [-0.2, 0) is 0 Å². The third-order valence-corrected chi connectivity index (χ3v) is 0. The van der Waals surface area contributed by atoms with Gasteiger partial charge in [0.15, 0.2) is 0 Å². The fourth-order valence-electron chi connectivity index (χ4n) is 0. The van der Waals surface area contributed by atoms with Crippen LogP contribution in [0, 0.1) is 25.1 Å². The molecule has 58 valence electrons. The van der Waals surface area contributed by atoms with E-state index in [2.05, 4.69) is 0 Å². The molecule has 0 atom stereocenters. The lowest BCUT2D eigenvalue weighted by Crippen LogP contribution is -2.58. The fraction of sp³-hybridized carbons (Fsp3) is 0. The van der Waals surface area contributed by atoms with Crippen LogP contribution in [0.4, 0.5) is 0 Å². The molecule has 2 N–H and O–H groups in total. The summed E-state index contributed by atoms with van der Waals surface area (Å²) in [5, 5.41) is 0. The number of hydrogen-bond acceptors (Lipinski definition) is 7. The maximum absolute atomic E-state index is 8.63. The van der Waals surface area contributed by atoms with Gasteiger partial charge in [-0.2, -0.15) is 14.0 Å².